The molecule has 3 aromatic rings. The minimum atomic E-state index is 0.136. The van der Waals surface area contributed by atoms with Crippen LogP contribution in [-0.4, -0.2) is 21.6 Å². The van der Waals surface area contributed by atoms with Gasteiger partial charge in [-0.15, -0.1) is 11.3 Å². The van der Waals surface area contributed by atoms with Gasteiger partial charge in [0.2, 0.25) is 0 Å². The van der Waals surface area contributed by atoms with Gasteiger partial charge in [-0.25, -0.2) is 4.98 Å². The molecule has 2 aromatic heterocycles. The van der Waals surface area contributed by atoms with Gasteiger partial charge in [0.05, 0.1) is 12.8 Å². The van der Waals surface area contributed by atoms with Crippen molar-refractivity contribution in [3.05, 3.63) is 36.0 Å². The topological polar surface area (TPSA) is 46.8 Å². The van der Waals surface area contributed by atoms with Gasteiger partial charge in [-0.1, -0.05) is 0 Å². The van der Waals surface area contributed by atoms with Gasteiger partial charge in [0.15, 0.2) is 16.5 Å². The molecule has 0 aliphatic carbocycles. The molecule has 3 rings (SSSR count). The summed E-state index contributed by atoms with van der Waals surface area (Å²) in [4.78, 5) is 5.44. The quantitative estimate of drug-likeness (QED) is 0.756. The van der Waals surface area contributed by atoms with Crippen molar-refractivity contribution in [3.63, 3.8) is 0 Å². The maximum Gasteiger partial charge on any atom is 0.194 e. The monoisotopic (exact) mass is 246 g/mol. The van der Waals surface area contributed by atoms with Crippen molar-refractivity contribution in [1.29, 1.82) is 0 Å². The molecule has 1 aromatic carbocycles. The average Bonchev–Trinajstić information content (AvgIpc) is 2.90. The Hall–Kier alpha value is -2.01. The van der Waals surface area contributed by atoms with E-state index in [2.05, 4.69) is 4.98 Å². The van der Waals surface area contributed by atoms with Gasteiger partial charge in [-0.2, -0.15) is 0 Å². The molecule has 17 heavy (non-hydrogen) atoms. The van der Waals surface area contributed by atoms with Crippen LogP contribution in [0.4, 0.5) is 0 Å². The van der Waals surface area contributed by atoms with Crippen LogP contribution in [0.15, 0.2) is 36.0 Å². The third-order valence-corrected chi connectivity index (χ3v) is 3.34. The Morgan fingerprint density at radius 2 is 2.29 bits per heavy atom. The highest BCUT2D eigenvalue weighted by Gasteiger charge is 2.08. The van der Waals surface area contributed by atoms with Crippen LogP contribution in [0.3, 0.4) is 0 Å². The molecule has 0 aliphatic heterocycles. The highest BCUT2D eigenvalue weighted by Crippen LogP contribution is 2.31. The summed E-state index contributed by atoms with van der Waals surface area (Å²) in [6.45, 7) is 0. The Bertz CT molecular complexity index is 644. The van der Waals surface area contributed by atoms with Crippen LogP contribution >= 0.6 is 11.3 Å². The largest absolute Gasteiger partial charge is 0.504 e. The van der Waals surface area contributed by atoms with Crippen LogP contribution in [0.5, 0.6) is 11.5 Å². The SMILES string of the molecule is COc1cc(-c2cn3ccsc3n2)ccc1O. The Kier molecular flexibility index (Phi) is 2.26. The third kappa shape index (κ3) is 1.64. The van der Waals surface area contributed by atoms with Gasteiger partial charge < -0.3 is 9.84 Å². The fourth-order valence-electron chi connectivity index (χ4n) is 1.70. The van der Waals surface area contributed by atoms with Crippen molar-refractivity contribution in [2.75, 3.05) is 7.11 Å². The number of phenols is 1. The molecule has 5 heteroatoms. The predicted molar refractivity (Wildman–Crippen MR) is 66.7 cm³/mol. The Morgan fingerprint density at radius 1 is 1.41 bits per heavy atom. The Labute approximate surface area is 102 Å². The summed E-state index contributed by atoms with van der Waals surface area (Å²) in [7, 11) is 1.53. The maximum atomic E-state index is 9.53. The normalized spacial score (nSPS) is 10.9. The first-order chi connectivity index (χ1) is 8.28. The van der Waals surface area contributed by atoms with Gasteiger partial charge in [0.1, 0.15) is 0 Å². The zero-order valence-corrected chi connectivity index (χ0v) is 9.94. The van der Waals surface area contributed by atoms with Gasteiger partial charge in [-0.05, 0) is 18.2 Å². The summed E-state index contributed by atoms with van der Waals surface area (Å²) < 4.78 is 7.05. The lowest BCUT2D eigenvalue weighted by Gasteiger charge is -2.04. The molecule has 0 fully saturated rings. The van der Waals surface area contributed by atoms with Gasteiger partial charge >= 0.3 is 0 Å². The molecule has 0 aliphatic rings. The highest BCUT2D eigenvalue weighted by molar-refractivity contribution is 7.15. The van der Waals surface area contributed by atoms with Gasteiger partial charge in [0, 0.05) is 23.3 Å². The second-order valence-electron chi connectivity index (χ2n) is 3.61. The van der Waals surface area contributed by atoms with Crippen molar-refractivity contribution in [3.8, 4) is 22.8 Å². The molecule has 0 amide bonds. The number of benzene rings is 1. The van der Waals surface area contributed by atoms with E-state index in [-0.39, 0.29) is 5.75 Å². The van der Waals surface area contributed by atoms with E-state index in [1.807, 2.05) is 28.2 Å². The molecule has 0 radical (unpaired) electrons. The summed E-state index contributed by atoms with van der Waals surface area (Å²) >= 11 is 1.59. The number of phenolic OH excluding ortho intramolecular Hbond substituents is 1. The number of thiazole rings is 1. The summed E-state index contributed by atoms with van der Waals surface area (Å²) in [5.41, 5.74) is 1.80. The maximum absolute atomic E-state index is 9.53. The van der Waals surface area contributed by atoms with Crippen LogP contribution in [0.1, 0.15) is 0 Å². The number of hydrogen-bond donors (Lipinski definition) is 1. The van der Waals surface area contributed by atoms with Crippen LogP contribution in [-0.2, 0) is 0 Å². The molecule has 0 atom stereocenters. The number of aromatic hydroxyl groups is 1. The average molecular weight is 246 g/mol. The van der Waals surface area contributed by atoms with E-state index < -0.39 is 0 Å². The second-order valence-corrected chi connectivity index (χ2v) is 4.48. The lowest BCUT2D eigenvalue weighted by molar-refractivity contribution is 0.373. The number of methoxy groups -OCH3 is 1. The lowest BCUT2D eigenvalue weighted by Crippen LogP contribution is -1.85. The fourth-order valence-corrected chi connectivity index (χ4v) is 2.40. The van der Waals surface area contributed by atoms with Crippen molar-refractivity contribution in [1.82, 2.24) is 9.38 Å². The third-order valence-electron chi connectivity index (χ3n) is 2.57. The van der Waals surface area contributed by atoms with Crippen molar-refractivity contribution < 1.29 is 9.84 Å². The molecular weight excluding hydrogens is 236 g/mol. The fraction of sp³-hybridized carbons (Fsp3) is 0.0833. The number of ether oxygens (including phenoxy) is 1. The van der Waals surface area contributed by atoms with Crippen molar-refractivity contribution in [2.24, 2.45) is 0 Å². The number of imidazole rings is 1. The van der Waals surface area contributed by atoms with E-state index in [1.54, 1.807) is 23.5 Å². The summed E-state index contributed by atoms with van der Waals surface area (Å²) in [5, 5.41) is 11.5. The van der Waals surface area contributed by atoms with E-state index in [9.17, 15) is 5.11 Å². The van der Waals surface area contributed by atoms with Crippen LogP contribution in [0, 0.1) is 0 Å². The molecule has 86 valence electrons. The molecule has 2 heterocycles. The summed E-state index contributed by atoms with van der Waals surface area (Å²) in [6, 6.07) is 5.22. The van der Waals surface area contributed by atoms with E-state index in [1.165, 1.54) is 7.11 Å². The summed E-state index contributed by atoms with van der Waals surface area (Å²) in [6.07, 6.45) is 3.92. The van der Waals surface area contributed by atoms with Crippen LogP contribution < -0.4 is 4.74 Å². The van der Waals surface area contributed by atoms with Crippen LogP contribution in [0.25, 0.3) is 16.2 Å². The number of aromatic nitrogens is 2. The van der Waals surface area contributed by atoms with E-state index >= 15 is 0 Å². The molecule has 0 unspecified atom stereocenters. The molecule has 0 bridgehead atoms. The lowest BCUT2D eigenvalue weighted by atomic mass is 10.1. The standard InChI is InChI=1S/C12H10N2O2S/c1-16-11-6-8(2-3-10(11)15)9-7-14-4-5-17-12(14)13-9/h2-7,15H,1H3. The first kappa shape index (κ1) is 10.2. The summed E-state index contributed by atoms with van der Waals surface area (Å²) in [5.74, 6) is 0.594. The zero-order chi connectivity index (χ0) is 11.8. The zero-order valence-electron chi connectivity index (χ0n) is 9.12. The molecule has 0 saturated heterocycles. The number of nitrogens with zero attached hydrogens (tertiary/aromatic N) is 2. The van der Waals surface area contributed by atoms with Crippen molar-refractivity contribution >= 4 is 16.3 Å². The Morgan fingerprint density at radius 3 is 3.06 bits per heavy atom. The smallest absolute Gasteiger partial charge is 0.194 e. The number of hydrogen-bond acceptors (Lipinski definition) is 4. The molecule has 4 nitrogen and oxygen atoms in total. The Balaban J connectivity index is 2.12. The molecular formula is C12H10N2O2S. The van der Waals surface area contributed by atoms with Gasteiger partial charge in [-0.3, -0.25) is 4.40 Å². The first-order valence-electron chi connectivity index (χ1n) is 5.07. The first-order valence-corrected chi connectivity index (χ1v) is 5.95. The minimum absolute atomic E-state index is 0.136. The molecule has 0 saturated carbocycles. The van der Waals surface area contributed by atoms with Crippen LogP contribution in [0.2, 0.25) is 0 Å². The highest BCUT2D eigenvalue weighted by atomic mass is 32.1. The second kappa shape index (κ2) is 3.78. The number of fused-ring (bicyclic) bond motifs is 1. The van der Waals surface area contributed by atoms with E-state index in [0.29, 0.717) is 5.75 Å². The molecule has 1 N–H and O–H groups in total. The van der Waals surface area contributed by atoms with E-state index in [0.717, 1.165) is 16.2 Å². The van der Waals surface area contributed by atoms with E-state index in [4.69, 9.17) is 4.74 Å². The van der Waals surface area contributed by atoms with Crippen molar-refractivity contribution in [2.45, 2.75) is 0 Å². The van der Waals surface area contributed by atoms with Gasteiger partial charge in [0.25, 0.3) is 0 Å². The number of rotatable bonds is 2. The molecule has 0 spiro atoms. The predicted octanol–water partition coefficient (Wildman–Crippen LogP) is 2.78. The minimum Gasteiger partial charge on any atom is -0.504 e.